The molecule has 2 atom stereocenters. The lowest BCUT2D eigenvalue weighted by atomic mass is 10.4. The first-order valence-electron chi connectivity index (χ1n) is 2.84. The maximum absolute atomic E-state index is 8.55. The fourth-order valence-corrected chi connectivity index (χ4v) is 1.77. The van der Waals surface area contributed by atoms with Gasteiger partial charge in [0.1, 0.15) is 5.40 Å². The van der Waals surface area contributed by atoms with Crippen molar-refractivity contribution >= 4 is 19.0 Å². The predicted molar refractivity (Wildman–Crippen MR) is 49.0 cm³/mol. The van der Waals surface area contributed by atoms with Crippen molar-refractivity contribution in [2.24, 2.45) is 0 Å². The molecule has 10 heavy (non-hydrogen) atoms. The topological polar surface area (TPSA) is 23.8 Å². The summed E-state index contributed by atoms with van der Waals surface area (Å²) in [5.41, 5.74) is 0. The average Bonchev–Trinajstić information content (AvgIpc) is 2.05. The van der Waals surface area contributed by atoms with E-state index < -0.39 is 10.5 Å². The molecular formula is C7H8NPS. The Labute approximate surface area is 65.4 Å². The molecule has 0 radical (unpaired) electrons. The smallest absolute Gasteiger partial charge is 0.118 e. The number of thiol groups is 1. The lowest BCUT2D eigenvalue weighted by Gasteiger charge is -2.03. The van der Waals surface area contributed by atoms with Gasteiger partial charge in [0.15, 0.2) is 0 Å². The highest BCUT2D eigenvalue weighted by Gasteiger charge is 1.94. The van der Waals surface area contributed by atoms with Crippen LogP contribution >= 0.6 is 19.0 Å². The minimum atomic E-state index is -0.651. The number of thiocyanates is 1. The molecule has 0 aliphatic heterocycles. The van der Waals surface area contributed by atoms with Crippen LogP contribution in [0.5, 0.6) is 0 Å². The van der Waals surface area contributed by atoms with Crippen molar-refractivity contribution in [2.45, 2.75) is 4.90 Å². The molecule has 0 amide bonds. The van der Waals surface area contributed by atoms with Crippen molar-refractivity contribution in [3.05, 3.63) is 30.3 Å². The molecule has 0 aromatic heterocycles. The number of hydrogen-bond donors (Lipinski definition) is 1. The molecule has 3 heteroatoms. The summed E-state index contributed by atoms with van der Waals surface area (Å²) in [5.74, 6) is 0. The Hall–Kier alpha value is -0.510. The molecule has 1 aromatic carbocycles. The SMILES string of the molecule is N#C[SH](P)c1ccccc1. The molecule has 0 bridgehead atoms. The van der Waals surface area contributed by atoms with Gasteiger partial charge in [-0.05, 0) is 12.1 Å². The van der Waals surface area contributed by atoms with Gasteiger partial charge in [0.05, 0.1) is 0 Å². The third-order valence-corrected chi connectivity index (χ3v) is 3.45. The van der Waals surface area contributed by atoms with Crippen molar-refractivity contribution in [2.75, 3.05) is 0 Å². The van der Waals surface area contributed by atoms with Crippen LogP contribution < -0.4 is 0 Å². The number of rotatable bonds is 1. The van der Waals surface area contributed by atoms with E-state index in [0.29, 0.717) is 0 Å². The third kappa shape index (κ3) is 1.73. The minimum absolute atomic E-state index is 0.651. The second-order valence-electron chi connectivity index (χ2n) is 1.81. The van der Waals surface area contributed by atoms with E-state index in [9.17, 15) is 0 Å². The van der Waals surface area contributed by atoms with Gasteiger partial charge in [0.25, 0.3) is 0 Å². The van der Waals surface area contributed by atoms with Crippen molar-refractivity contribution in [3.63, 3.8) is 0 Å². The number of nitrogens with zero attached hydrogens (tertiary/aromatic N) is 1. The summed E-state index contributed by atoms with van der Waals surface area (Å²) in [6, 6.07) is 9.80. The number of nitriles is 1. The first kappa shape index (κ1) is 7.60. The number of hydrogen-bond acceptors (Lipinski definition) is 1. The molecule has 0 fully saturated rings. The average molecular weight is 169 g/mol. The summed E-state index contributed by atoms with van der Waals surface area (Å²) in [6.45, 7) is 0. The van der Waals surface area contributed by atoms with Gasteiger partial charge in [0.2, 0.25) is 0 Å². The first-order valence-corrected chi connectivity index (χ1v) is 5.80. The zero-order valence-electron chi connectivity index (χ0n) is 5.36. The van der Waals surface area contributed by atoms with E-state index in [2.05, 4.69) is 13.8 Å². The molecule has 1 rings (SSSR count). The highest BCUT2D eigenvalue weighted by molar-refractivity contribution is 8.58. The fourth-order valence-electron chi connectivity index (χ4n) is 0.646. The Balaban J connectivity index is 2.88. The van der Waals surface area contributed by atoms with E-state index in [0.717, 1.165) is 4.90 Å². The monoisotopic (exact) mass is 169 g/mol. The zero-order valence-corrected chi connectivity index (χ0v) is 7.41. The Kier molecular flexibility index (Phi) is 2.74. The van der Waals surface area contributed by atoms with Crippen molar-refractivity contribution < 1.29 is 0 Å². The second kappa shape index (κ2) is 3.61. The fraction of sp³-hybridized carbons (Fsp3) is 0. The molecule has 0 N–H and O–H groups in total. The van der Waals surface area contributed by atoms with E-state index in [1.165, 1.54) is 0 Å². The van der Waals surface area contributed by atoms with E-state index >= 15 is 0 Å². The molecule has 0 aliphatic rings. The van der Waals surface area contributed by atoms with Crippen LogP contribution in [-0.2, 0) is 0 Å². The van der Waals surface area contributed by atoms with Crippen LogP contribution in [0.15, 0.2) is 35.2 Å². The maximum atomic E-state index is 8.55. The second-order valence-corrected chi connectivity index (χ2v) is 4.81. The zero-order chi connectivity index (χ0) is 7.40. The lowest BCUT2D eigenvalue weighted by Crippen LogP contribution is -1.68. The summed E-state index contributed by atoms with van der Waals surface area (Å²) in [4.78, 5) is 1.12. The quantitative estimate of drug-likeness (QED) is 0.389. The van der Waals surface area contributed by atoms with Crippen molar-refractivity contribution in [3.8, 4) is 5.40 Å². The molecule has 0 aliphatic carbocycles. The van der Waals surface area contributed by atoms with Crippen LogP contribution in [0.1, 0.15) is 0 Å². The van der Waals surface area contributed by atoms with E-state index in [4.69, 9.17) is 5.26 Å². The molecule has 2 unspecified atom stereocenters. The summed E-state index contributed by atoms with van der Waals surface area (Å²) < 4.78 is 0. The normalized spacial score (nSPS) is 13.8. The van der Waals surface area contributed by atoms with Crippen molar-refractivity contribution in [1.82, 2.24) is 0 Å². The van der Waals surface area contributed by atoms with Gasteiger partial charge < -0.3 is 0 Å². The third-order valence-electron chi connectivity index (χ3n) is 1.14. The lowest BCUT2D eigenvalue weighted by molar-refractivity contribution is 1.47. The van der Waals surface area contributed by atoms with E-state index in [1.54, 1.807) is 0 Å². The summed E-state index contributed by atoms with van der Waals surface area (Å²) >= 11 is 0. The van der Waals surface area contributed by atoms with E-state index in [-0.39, 0.29) is 0 Å². The Morgan fingerprint density at radius 3 is 2.40 bits per heavy atom. The standard InChI is InChI=1S/C7H8NPS/c8-6-10(9)7-4-2-1-3-5-7/h1-5,10H,9H2. The molecular weight excluding hydrogens is 161 g/mol. The van der Waals surface area contributed by atoms with Gasteiger partial charge in [0, 0.05) is 4.90 Å². The van der Waals surface area contributed by atoms with Crippen LogP contribution in [0, 0.1) is 10.7 Å². The molecule has 52 valence electrons. The number of benzene rings is 1. The summed E-state index contributed by atoms with van der Waals surface area (Å²) in [7, 11) is 1.90. The van der Waals surface area contributed by atoms with Crippen LogP contribution in [0.25, 0.3) is 0 Å². The Morgan fingerprint density at radius 1 is 1.30 bits per heavy atom. The Bertz CT molecular complexity index is 242. The Morgan fingerprint density at radius 2 is 1.90 bits per heavy atom. The molecule has 1 nitrogen and oxygen atoms in total. The van der Waals surface area contributed by atoms with E-state index in [1.807, 2.05) is 30.3 Å². The van der Waals surface area contributed by atoms with Crippen LogP contribution in [-0.4, -0.2) is 0 Å². The molecule has 0 saturated heterocycles. The maximum Gasteiger partial charge on any atom is 0.118 e. The van der Waals surface area contributed by atoms with Crippen molar-refractivity contribution in [1.29, 1.82) is 5.26 Å². The molecule has 0 heterocycles. The van der Waals surface area contributed by atoms with Gasteiger partial charge in [-0.15, -0.1) is 10.5 Å². The molecule has 0 saturated carbocycles. The highest BCUT2D eigenvalue weighted by atomic mass is 32.7. The summed E-state index contributed by atoms with van der Waals surface area (Å²) in [6.07, 6.45) is 0. The van der Waals surface area contributed by atoms with Gasteiger partial charge in [-0.2, -0.15) is 5.26 Å². The summed E-state index contributed by atoms with van der Waals surface area (Å²) in [5, 5.41) is 10.8. The van der Waals surface area contributed by atoms with Crippen LogP contribution in [0.2, 0.25) is 0 Å². The first-order chi connectivity index (χ1) is 4.84. The molecule has 1 aromatic rings. The predicted octanol–water partition coefficient (Wildman–Crippen LogP) is 2.32. The molecule has 0 spiro atoms. The van der Waals surface area contributed by atoms with Crippen LogP contribution in [0.3, 0.4) is 0 Å². The van der Waals surface area contributed by atoms with Gasteiger partial charge >= 0.3 is 0 Å². The minimum Gasteiger partial charge on any atom is -0.186 e. The van der Waals surface area contributed by atoms with Gasteiger partial charge in [-0.25, -0.2) is 0 Å². The van der Waals surface area contributed by atoms with Gasteiger partial charge in [-0.3, -0.25) is 0 Å². The largest absolute Gasteiger partial charge is 0.186 e. The highest BCUT2D eigenvalue weighted by Crippen LogP contribution is 2.41. The van der Waals surface area contributed by atoms with Gasteiger partial charge in [-0.1, -0.05) is 26.6 Å². The van der Waals surface area contributed by atoms with Crippen LogP contribution in [0.4, 0.5) is 0 Å².